The van der Waals surface area contributed by atoms with E-state index in [1.807, 2.05) is 6.20 Å². The average Bonchev–Trinajstić information content (AvgIpc) is 3.04. The number of rotatable bonds is 4. The monoisotopic (exact) mass is 320 g/mol. The van der Waals surface area contributed by atoms with Crippen LogP contribution in [0.25, 0.3) is 5.65 Å². The van der Waals surface area contributed by atoms with Crippen LogP contribution in [0.15, 0.2) is 42.6 Å². The van der Waals surface area contributed by atoms with Gasteiger partial charge in [-0.2, -0.15) is 0 Å². The fraction of sp³-hybridized carbons (Fsp3) is 0.350. The molecule has 0 saturated heterocycles. The Morgan fingerprint density at radius 1 is 1.29 bits per heavy atom. The van der Waals surface area contributed by atoms with Crippen LogP contribution in [-0.2, 0) is 19.5 Å². The predicted octanol–water partition coefficient (Wildman–Crippen LogP) is 3.27. The van der Waals surface area contributed by atoms with Crippen molar-refractivity contribution in [3.63, 3.8) is 0 Å². The van der Waals surface area contributed by atoms with Crippen LogP contribution in [0, 0.1) is 6.92 Å². The van der Waals surface area contributed by atoms with Crippen molar-refractivity contribution in [2.45, 2.75) is 45.3 Å². The first-order chi connectivity index (χ1) is 11.8. The van der Waals surface area contributed by atoms with Crippen LogP contribution in [0.1, 0.15) is 47.0 Å². The van der Waals surface area contributed by atoms with E-state index in [1.54, 1.807) is 0 Å². The average molecular weight is 320 g/mol. The number of nitrogens with one attached hydrogen (secondary N) is 1. The highest BCUT2D eigenvalue weighted by atomic mass is 15.0. The van der Waals surface area contributed by atoms with E-state index in [9.17, 15) is 0 Å². The van der Waals surface area contributed by atoms with Gasteiger partial charge in [0.05, 0.1) is 11.9 Å². The molecule has 1 unspecified atom stereocenters. The lowest BCUT2D eigenvalue weighted by Gasteiger charge is -2.27. The SMILES string of the molecule is Cc1cccc2ncc(CNC3CCCc4cc(CN)ccc43)n12. The van der Waals surface area contributed by atoms with Crippen LogP contribution in [0.5, 0.6) is 0 Å². The molecule has 1 atom stereocenters. The van der Waals surface area contributed by atoms with Crippen LogP contribution in [0.2, 0.25) is 0 Å². The van der Waals surface area contributed by atoms with Gasteiger partial charge < -0.3 is 15.5 Å². The third-order valence-electron chi connectivity index (χ3n) is 5.08. The number of hydrogen-bond acceptors (Lipinski definition) is 3. The Bertz CT molecular complexity index is 865. The second-order valence-corrected chi connectivity index (χ2v) is 6.67. The third kappa shape index (κ3) is 2.72. The molecule has 2 heterocycles. The number of nitrogens with zero attached hydrogens (tertiary/aromatic N) is 2. The van der Waals surface area contributed by atoms with E-state index in [0.717, 1.165) is 18.6 Å². The van der Waals surface area contributed by atoms with E-state index in [1.165, 1.54) is 40.9 Å². The molecular weight excluding hydrogens is 296 g/mol. The number of fused-ring (bicyclic) bond motifs is 2. The molecule has 3 aromatic rings. The van der Waals surface area contributed by atoms with Gasteiger partial charge in [0.25, 0.3) is 0 Å². The Kier molecular flexibility index (Phi) is 4.08. The van der Waals surface area contributed by atoms with Gasteiger partial charge in [-0.3, -0.25) is 0 Å². The maximum absolute atomic E-state index is 5.78. The van der Waals surface area contributed by atoms with Gasteiger partial charge in [-0.15, -0.1) is 0 Å². The van der Waals surface area contributed by atoms with E-state index < -0.39 is 0 Å². The highest BCUT2D eigenvalue weighted by Gasteiger charge is 2.20. The van der Waals surface area contributed by atoms with Crippen molar-refractivity contribution < 1.29 is 0 Å². The molecule has 24 heavy (non-hydrogen) atoms. The Morgan fingerprint density at radius 3 is 3.08 bits per heavy atom. The molecule has 4 nitrogen and oxygen atoms in total. The van der Waals surface area contributed by atoms with Crippen molar-refractivity contribution >= 4 is 5.65 Å². The van der Waals surface area contributed by atoms with Crippen molar-refractivity contribution in [3.05, 3.63) is 70.7 Å². The van der Waals surface area contributed by atoms with Crippen LogP contribution >= 0.6 is 0 Å². The molecule has 3 N–H and O–H groups in total. The lowest BCUT2D eigenvalue weighted by Crippen LogP contribution is -2.25. The molecule has 0 bridgehead atoms. The predicted molar refractivity (Wildman–Crippen MR) is 96.8 cm³/mol. The van der Waals surface area contributed by atoms with Gasteiger partial charge in [-0.1, -0.05) is 24.3 Å². The Labute approximate surface area is 142 Å². The molecule has 1 aliphatic rings. The largest absolute Gasteiger partial charge is 0.326 e. The number of aromatic nitrogens is 2. The minimum Gasteiger partial charge on any atom is -0.326 e. The number of benzene rings is 1. The molecule has 0 spiro atoms. The van der Waals surface area contributed by atoms with E-state index in [-0.39, 0.29) is 0 Å². The van der Waals surface area contributed by atoms with Gasteiger partial charge in [-0.25, -0.2) is 4.98 Å². The molecule has 2 aromatic heterocycles. The van der Waals surface area contributed by atoms with Crippen LogP contribution < -0.4 is 11.1 Å². The Hall–Kier alpha value is -2.17. The molecule has 4 rings (SSSR count). The fourth-order valence-electron chi connectivity index (χ4n) is 3.84. The van der Waals surface area contributed by atoms with E-state index in [2.05, 4.69) is 58.0 Å². The summed E-state index contributed by atoms with van der Waals surface area (Å²) in [5.74, 6) is 0. The number of imidazole rings is 1. The lowest BCUT2D eigenvalue weighted by atomic mass is 9.86. The van der Waals surface area contributed by atoms with Crippen molar-refractivity contribution in [1.29, 1.82) is 0 Å². The standard InChI is InChI=1S/C20H24N4/c1-14-4-2-7-20-23-13-17(24(14)20)12-22-19-6-3-5-16-10-15(11-21)8-9-18(16)19/h2,4,7-10,13,19,22H,3,5-6,11-12,21H2,1H3. The summed E-state index contributed by atoms with van der Waals surface area (Å²) < 4.78 is 2.23. The summed E-state index contributed by atoms with van der Waals surface area (Å²) in [5, 5.41) is 3.74. The summed E-state index contributed by atoms with van der Waals surface area (Å²) >= 11 is 0. The summed E-state index contributed by atoms with van der Waals surface area (Å²) in [6.07, 6.45) is 5.56. The van der Waals surface area contributed by atoms with Crippen molar-refractivity contribution in [2.24, 2.45) is 5.73 Å². The smallest absolute Gasteiger partial charge is 0.137 e. The summed E-state index contributed by atoms with van der Waals surface area (Å²) in [5.41, 5.74) is 13.4. The van der Waals surface area contributed by atoms with Gasteiger partial charge in [0.1, 0.15) is 5.65 Å². The van der Waals surface area contributed by atoms with E-state index in [0.29, 0.717) is 12.6 Å². The van der Waals surface area contributed by atoms with Crippen molar-refractivity contribution in [1.82, 2.24) is 14.7 Å². The zero-order chi connectivity index (χ0) is 16.5. The van der Waals surface area contributed by atoms with Crippen molar-refractivity contribution in [3.8, 4) is 0 Å². The second-order valence-electron chi connectivity index (χ2n) is 6.67. The molecule has 0 radical (unpaired) electrons. The van der Waals surface area contributed by atoms with E-state index in [4.69, 9.17) is 5.73 Å². The highest BCUT2D eigenvalue weighted by Crippen LogP contribution is 2.30. The first kappa shape index (κ1) is 15.4. The minimum atomic E-state index is 0.412. The third-order valence-corrected chi connectivity index (χ3v) is 5.08. The molecule has 0 saturated carbocycles. The number of pyridine rings is 1. The van der Waals surface area contributed by atoms with Gasteiger partial charge in [0.2, 0.25) is 0 Å². The van der Waals surface area contributed by atoms with Gasteiger partial charge >= 0.3 is 0 Å². The zero-order valence-electron chi connectivity index (χ0n) is 14.1. The van der Waals surface area contributed by atoms with Crippen LogP contribution in [-0.4, -0.2) is 9.38 Å². The highest BCUT2D eigenvalue weighted by molar-refractivity contribution is 5.42. The minimum absolute atomic E-state index is 0.412. The first-order valence-electron chi connectivity index (χ1n) is 8.73. The molecule has 0 amide bonds. The van der Waals surface area contributed by atoms with Crippen LogP contribution in [0.4, 0.5) is 0 Å². The van der Waals surface area contributed by atoms with Gasteiger partial charge in [-0.05, 0) is 55.0 Å². The first-order valence-corrected chi connectivity index (χ1v) is 8.73. The maximum Gasteiger partial charge on any atom is 0.137 e. The Balaban J connectivity index is 1.56. The molecule has 4 heteroatoms. The van der Waals surface area contributed by atoms with E-state index >= 15 is 0 Å². The summed E-state index contributed by atoms with van der Waals surface area (Å²) in [6, 6.07) is 13.4. The molecule has 1 aromatic carbocycles. The summed E-state index contributed by atoms with van der Waals surface area (Å²) in [4.78, 5) is 4.52. The Morgan fingerprint density at radius 2 is 2.21 bits per heavy atom. The van der Waals surface area contributed by atoms with Gasteiger partial charge in [0, 0.05) is 24.8 Å². The molecule has 124 valence electrons. The quantitative estimate of drug-likeness (QED) is 0.776. The van der Waals surface area contributed by atoms with Gasteiger partial charge in [0.15, 0.2) is 0 Å². The summed E-state index contributed by atoms with van der Waals surface area (Å²) in [7, 11) is 0. The molecular formula is C20H24N4. The number of aryl methyl sites for hydroxylation is 2. The number of nitrogens with two attached hydrogens (primary N) is 1. The molecule has 1 aliphatic carbocycles. The topological polar surface area (TPSA) is 55.3 Å². The van der Waals surface area contributed by atoms with Crippen LogP contribution in [0.3, 0.4) is 0 Å². The zero-order valence-corrected chi connectivity index (χ0v) is 14.1. The fourth-order valence-corrected chi connectivity index (χ4v) is 3.84. The second kappa shape index (κ2) is 6.38. The number of hydrogen-bond donors (Lipinski definition) is 2. The molecule has 0 aliphatic heterocycles. The lowest BCUT2D eigenvalue weighted by molar-refractivity contribution is 0.455. The summed E-state index contributed by atoms with van der Waals surface area (Å²) in [6.45, 7) is 3.57. The van der Waals surface area contributed by atoms with Crippen molar-refractivity contribution in [2.75, 3.05) is 0 Å². The normalized spacial score (nSPS) is 17.2. The maximum atomic E-state index is 5.78. The molecule has 0 fully saturated rings.